The molecular weight excluding hydrogens is 156 g/mol. The molecule has 1 aliphatic rings. The van der Waals surface area contributed by atoms with Crippen molar-refractivity contribution in [1.82, 2.24) is 0 Å². The van der Waals surface area contributed by atoms with Crippen LogP contribution >= 0.6 is 0 Å². The van der Waals surface area contributed by atoms with Crippen LogP contribution in [0.25, 0.3) is 0 Å². The third-order valence-corrected chi connectivity index (χ3v) is 1.98. The Labute approximate surface area is 71.7 Å². The molecule has 3 nitrogen and oxygen atoms in total. The number of aliphatic hydroxyl groups excluding tert-OH is 3. The Balaban J connectivity index is 2.70. The maximum absolute atomic E-state index is 8.88. The molecule has 3 heteroatoms. The van der Waals surface area contributed by atoms with Gasteiger partial charge >= 0.3 is 0 Å². The second-order valence-corrected chi connectivity index (χ2v) is 3.01. The van der Waals surface area contributed by atoms with E-state index in [-0.39, 0.29) is 25.7 Å². The van der Waals surface area contributed by atoms with Gasteiger partial charge in [0.15, 0.2) is 0 Å². The minimum absolute atomic E-state index is 0.00778. The molecule has 68 valence electrons. The van der Waals surface area contributed by atoms with Gasteiger partial charge in [-0.3, -0.25) is 0 Å². The van der Waals surface area contributed by atoms with Gasteiger partial charge in [-0.05, 0) is 17.6 Å². The molecular formula is C9H14O3. The molecule has 0 aromatic heterocycles. The van der Waals surface area contributed by atoms with Crippen LogP contribution in [0.15, 0.2) is 23.3 Å². The molecule has 0 saturated carbocycles. The zero-order valence-corrected chi connectivity index (χ0v) is 6.90. The Morgan fingerprint density at radius 2 is 2.00 bits per heavy atom. The Hall–Kier alpha value is -0.640. The Bertz CT molecular complexity index is 206. The molecule has 1 unspecified atom stereocenters. The second kappa shape index (κ2) is 4.40. The monoisotopic (exact) mass is 170 g/mol. The summed E-state index contributed by atoms with van der Waals surface area (Å²) in [6.07, 6.45) is 4.32. The molecule has 12 heavy (non-hydrogen) atoms. The standard InChI is InChI=1S/C9H14O3/c10-4-7-1-8(5-11)3-9(2-7)6-12/h1-2,8,10-12H,3-6H2. The van der Waals surface area contributed by atoms with Crippen molar-refractivity contribution in [3.05, 3.63) is 23.3 Å². The van der Waals surface area contributed by atoms with Crippen LogP contribution in [0.4, 0.5) is 0 Å². The van der Waals surface area contributed by atoms with E-state index in [0.29, 0.717) is 6.42 Å². The van der Waals surface area contributed by atoms with Gasteiger partial charge in [0, 0.05) is 12.5 Å². The normalized spacial score (nSPS) is 23.4. The van der Waals surface area contributed by atoms with Crippen molar-refractivity contribution in [2.24, 2.45) is 5.92 Å². The van der Waals surface area contributed by atoms with E-state index in [9.17, 15) is 0 Å². The molecule has 0 heterocycles. The summed E-state index contributed by atoms with van der Waals surface area (Å²) in [5.74, 6) is 0.0549. The topological polar surface area (TPSA) is 60.7 Å². The summed E-state index contributed by atoms with van der Waals surface area (Å²) < 4.78 is 0. The molecule has 0 spiro atoms. The maximum atomic E-state index is 8.88. The van der Waals surface area contributed by atoms with E-state index < -0.39 is 0 Å². The zero-order valence-electron chi connectivity index (χ0n) is 6.90. The first kappa shape index (κ1) is 9.45. The Morgan fingerprint density at radius 3 is 2.50 bits per heavy atom. The quantitative estimate of drug-likeness (QED) is 0.551. The van der Waals surface area contributed by atoms with E-state index in [1.807, 2.05) is 6.08 Å². The average molecular weight is 170 g/mol. The van der Waals surface area contributed by atoms with E-state index >= 15 is 0 Å². The molecule has 1 rings (SSSR count). The van der Waals surface area contributed by atoms with Gasteiger partial charge in [0.2, 0.25) is 0 Å². The number of hydrogen-bond donors (Lipinski definition) is 3. The fourth-order valence-corrected chi connectivity index (χ4v) is 1.39. The second-order valence-electron chi connectivity index (χ2n) is 3.01. The third-order valence-electron chi connectivity index (χ3n) is 1.98. The minimum atomic E-state index is -0.0278. The first-order valence-corrected chi connectivity index (χ1v) is 4.03. The Kier molecular flexibility index (Phi) is 3.47. The van der Waals surface area contributed by atoms with Gasteiger partial charge in [-0.1, -0.05) is 12.2 Å². The molecule has 3 N–H and O–H groups in total. The molecule has 0 aromatic rings. The van der Waals surface area contributed by atoms with Crippen molar-refractivity contribution in [2.75, 3.05) is 19.8 Å². The van der Waals surface area contributed by atoms with Crippen molar-refractivity contribution >= 4 is 0 Å². The highest BCUT2D eigenvalue weighted by atomic mass is 16.3. The minimum Gasteiger partial charge on any atom is -0.396 e. The van der Waals surface area contributed by atoms with E-state index in [1.165, 1.54) is 0 Å². The molecule has 0 saturated heterocycles. The highest BCUT2D eigenvalue weighted by molar-refractivity contribution is 5.29. The fraction of sp³-hybridized carbons (Fsp3) is 0.556. The van der Waals surface area contributed by atoms with Crippen molar-refractivity contribution in [3.63, 3.8) is 0 Å². The number of hydrogen-bond acceptors (Lipinski definition) is 3. The molecule has 1 atom stereocenters. The highest BCUT2D eigenvalue weighted by Crippen LogP contribution is 2.21. The smallest absolute Gasteiger partial charge is 0.0678 e. The molecule has 0 radical (unpaired) electrons. The van der Waals surface area contributed by atoms with Gasteiger partial charge in [0.1, 0.15) is 0 Å². The van der Waals surface area contributed by atoms with Gasteiger partial charge in [0.05, 0.1) is 13.2 Å². The summed E-state index contributed by atoms with van der Waals surface area (Å²) in [7, 11) is 0. The molecule has 0 bridgehead atoms. The SMILES string of the molecule is OCC1=CC(CO)CC(CO)=C1. The average Bonchev–Trinajstić information content (AvgIpc) is 2.16. The summed E-state index contributed by atoms with van der Waals surface area (Å²) in [4.78, 5) is 0. The van der Waals surface area contributed by atoms with Crippen LogP contribution < -0.4 is 0 Å². The van der Waals surface area contributed by atoms with Gasteiger partial charge in [0.25, 0.3) is 0 Å². The van der Waals surface area contributed by atoms with Crippen molar-refractivity contribution in [3.8, 4) is 0 Å². The Morgan fingerprint density at radius 1 is 1.25 bits per heavy atom. The molecule has 0 fully saturated rings. The summed E-state index contributed by atoms with van der Waals surface area (Å²) in [5.41, 5.74) is 1.66. The maximum Gasteiger partial charge on any atom is 0.0678 e. The van der Waals surface area contributed by atoms with Gasteiger partial charge in [-0.15, -0.1) is 0 Å². The molecule has 1 aliphatic carbocycles. The van der Waals surface area contributed by atoms with Crippen LogP contribution in [0.3, 0.4) is 0 Å². The van der Waals surface area contributed by atoms with Gasteiger partial charge < -0.3 is 15.3 Å². The predicted molar refractivity (Wildman–Crippen MR) is 45.5 cm³/mol. The fourth-order valence-electron chi connectivity index (χ4n) is 1.39. The first-order chi connectivity index (χ1) is 5.80. The van der Waals surface area contributed by atoms with E-state index in [0.717, 1.165) is 11.1 Å². The summed E-state index contributed by atoms with van der Waals surface area (Å²) in [6, 6.07) is 0. The number of rotatable bonds is 3. The van der Waals surface area contributed by atoms with Crippen LogP contribution in [0.1, 0.15) is 6.42 Å². The van der Waals surface area contributed by atoms with Crippen molar-refractivity contribution in [1.29, 1.82) is 0 Å². The third kappa shape index (κ3) is 2.17. The number of aliphatic hydroxyl groups is 3. The van der Waals surface area contributed by atoms with Crippen LogP contribution in [0, 0.1) is 5.92 Å². The summed E-state index contributed by atoms with van der Waals surface area (Å²) >= 11 is 0. The van der Waals surface area contributed by atoms with Crippen molar-refractivity contribution < 1.29 is 15.3 Å². The lowest BCUT2D eigenvalue weighted by atomic mass is 9.91. The van der Waals surface area contributed by atoms with E-state index in [4.69, 9.17) is 15.3 Å². The van der Waals surface area contributed by atoms with E-state index in [2.05, 4.69) is 0 Å². The van der Waals surface area contributed by atoms with Crippen LogP contribution in [-0.2, 0) is 0 Å². The van der Waals surface area contributed by atoms with E-state index in [1.54, 1.807) is 6.08 Å². The highest BCUT2D eigenvalue weighted by Gasteiger charge is 2.13. The summed E-state index contributed by atoms with van der Waals surface area (Å²) in [6.45, 7) is 0.0503. The van der Waals surface area contributed by atoms with Gasteiger partial charge in [-0.25, -0.2) is 0 Å². The van der Waals surface area contributed by atoms with Crippen LogP contribution in [-0.4, -0.2) is 35.1 Å². The first-order valence-electron chi connectivity index (χ1n) is 4.03. The van der Waals surface area contributed by atoms with Crippen LogP contribution in [0.5, 0.6) is 0 Å². The predicted octanol–water partition coefficient (Wildman–Crippen LogP) is -0.164. The van der Waals surface area contributed by atoms with Gasteiger partial charge in [-0.2, -0.15) is 0 Å². The lowest BCUT2D eigenvalue weighted by Crippen LogP contribution is -2.12. The lowest BCUT2D eigenvalue weighted by molar-refractivity contribution is 0.241. The zero-order chi connectivity index (χ0) is 8.97. The molecule has 0 amide bonds. The molecule has 0 aromatic carbocycles. The van der Waals surface area contributed by atoms with Crippen molar-refractivity contribution in [2.45, 2.75) is 6.42 Å². The summed E-state index contributed by atoms with van der Waals surface area (Å²) in [5, 5.41) is 26.6. The van der Waals surface area contributed by atoms with Crippen LogP contribution in [0.2, 0.25) is 0 Å². The molecule has 0 aliphatic heterocycles. The largest absolute Gasteiger partial charge is 0.396 e. The lowest BCUT2D eigenvalue weighted by Gasteiger charge is -2.17.